The first kappa shape index (κ1) is 13.7. The van der Waals surface area contributed by atoms with Crippen molar-refractivity contribution < 1.29 is 5.11 Å². The van der Waals surface area contributed by atoms with Gasteiger partial charge < -0.3 is 5.11 Å². The molecule has 0 aliphatic carbocycles. The number of aliphatic hydroxyl groups excluding tert-OH is 1. The van der Waals surface area contributed by atoms with Crippen LogP contribution in [0.25, 0.3) is 0 Å². The van der Waals surface area contributed by atoms with E-state index in [4.69, 9.17) is 0 Å². The van der Waals surface area contributed by atoms with Crippen molar-refractivity contribution in [1.29, 1.82) is 0 Å². The highest BCUT2D eigenvalue weighted by molar-refractivity contribution is 9.11. The molecule has 0 radical (unpaired) electrons. The summed E-state index contributed by atoms with van der Waals surface area (Å²) >= 11 is 6.87. The molecule has 0 saturated carbocycles. The van der Waals surface area contributed by atoms with E-state index in [1.165, 1.54) is 0 Å². The third-order valence-electron chi connectivity index (χ3n) is 2.93. The summed E-state index contributed by atoms with van der Waals surface area (Å²) in [6.45, 7) is 2.01. The zero-order chi connectivity index (χ0) is 13.1. The van der Waals surface area contributed by atoms with Gasteiger partial charge in [0.05, 0.1) is 6.10 Å². The summed E-state index contributed by atoms with van der Waals surface area (Å²) in [5.41, 5.74) is 1.97. The largest absolute Gasteiger partial charge is 0.388 e. The Labute approximate surface area is 123 Å². The summed E-state index contributed by atoms with van der Waals surface area (Å²) < 4.78 is 1.90. The van der Waals surface area contributed by atoms with E-state index in [1.54, 1.807) is 12.4 Å². The lowest BCUT2D eigenvalue weighted by Crippen LogP contribution is -2.07. The molecule has 2 aromatic rings. The van der Waals surface area contributed by atoms with Gasteiger partial charge in [0, 0.05) is 27.3 Å². The first-order valence-corrected chi connectivity index (χ1v) is 7.20. The van der Waals surface area contributed by atoms with E-state index in [1.807, 2.05) is 37.3 Å². The molecule has 4 heteroatoms. The third-order valence-corrected chi connectivity index (χ3v) is 3.85. The van der Waals surface area contributed by atoms with Crippen molar-refractivity contribution in [3.05, 3.63) is 62.8 Å². The van der Waals surface area contributed by atoms with Gasteiger partial charge in [-0.2, -0.15) is 0 Å². The van der Waals surface area contributed by atoms with E-state index < -0.39 is 6.10 Å². The van der Waals surface area contributed by atoms with Crippen LogP contribution in [0.1, 0.15) is 30.1 Å². The number of hydrogen-bond acceptors (Lipinski definition) is 2. The van der Waals surface area contributed by atoms with Gasteiger partial charge in [0.25, 0.3) is 0 Å². The molecule has 94 valence electrons. The molecule has 18 heavy (non-hydrogen) atoms. The predicted molar refractivity (Wildman–Crippen MR) is 79.5 cm³/mol. The average molecular weight is 371 g/mol. The third kappa shape index (κ3) is 3.19. The monoisotopic (exact) mass is 369 g/mol. The minimum Gasteiger partial charge on any atom is -0.388 e. The molecule has 2 rings (SSSR count). The highest BCUT2D eigenvalue weighted by Crippen LogP contribution is 2.33. The summed E-state index contributed by atoms with van der Waals surface area (Å²) in [5, 5.41) is 10.4. The van der Waals surface area contributed by atoms with Crippen LogP contribution in [0.15, 0.2) is 51.7 Å². The second-order valence-corrected chi connectivity index (χ2v) is 6.05. The van der Waals surface area contributed by atoms with Crippen LogP contribution in [-0.4, -0.2) is 10.1 Å². The Morgan fingerprint density at radius 2 is 1.56 bits per heavy atom. The van der Waals surface area contributed by atoms with Crippen LogP contribution >= 0.6 is 31.9 Å². The Morgan fingerprint density at radius 1 is 1.00 bits per heavy atom. The zero-order valence-corrected chi connectivity index (χ0v) is 13.0. The maximum atomic E-state index is 10.4. The van der Waals surface area contributed by atoms with Crippen LogP contribution in [0.2, 0.25) is 0 Å². The SMILES string of the molecule is CC(c1ccncc1)C(O)c1cc(Br)cc(Br)c1. The van der Waals surface area contributed by atoms with Gasteiger partial charge in [-0.1, -0.05) is 38.8 Å². The lowest BCUT2D eigenvalue weighted by atomic mass is 9.91. The molecule has 0 amide bonds. The van der Waals surface area contributed by atoms with Gasteiger partial charge in [-0.3, -0.25) is 4.98 Å². The fourth-order valence-electron chi connectivity index (χ4n) is 1.88. The van der Waals surface area contributed by atoms with E-state index in [0.717, 1.165) is 20.1 Å². The van der Waals surface area contributed by atoms with E-state index in [9.17, 15) is 5.11 Å². The Balaban J connectivity index is 2.28. The molecular formula is C14H13Br2NO. The lowest BCUT2D eigenvalue weighted by Gasteiger charge is -2.20. The fraction of sp³-hybridized carbons (Fsp3) is 0.214. The van der Waals surface area contributed by atoms with Crippen LogP contribution in [0.4, 0.5) is 0 Å². The quantitative estimate of drug-likeness (QED) is 0.866. The van der Waals surface area contributed by atoms with Crippen molar-refractivity contribution in [3.8, 4) is 0 Å². The molecule has 0 spiro atoms. The van der Waals surface area contributed by atoms with Crippen LogP contribution in [0, 0.1) is 0 Å². The van der Waals surface area contributed by atoms with Gasteiger partial charge in [0.2, 0.25) is 0 Å². The number of aromatic nitrogens is 1. The highest BCUT2D eigenvalue weighted by atomic mass is 79.9. The first-order valence-electron chi connectivity index (χ1n) is 5.62. The zero-order valence-electron chi connectivity index (χ0n) is 9.85. The van der Waals surface area contributed by atoms with Crippen molar-refractivity contribution in [2.24, 2.45) is 0 Å². The molecule has 1 heterocycles. The Hall–Kier alpha value is -0.710. The van der Waals surface area contributed by atoms with Crippen molar-refractivity contribution in [1.82, 2.24) is 4.98 Å². The second-order valence-electron chi connectivity index (χ2n) is 4.22. The standard InChI is InChI=1S/C14H13Br2NO/c1-9(10-2-4-17-5-3-10)14(18)11-6-12(15)8-13(16)7-11/h2-9,14,18H,1H3. The Bertz CT molecular complexity index is 510. The number of pyridine rings is 1. The van der Waals surface area contributed by atoms with Gasteiger partial charge in [-0.15, -0.1) is 0 Å². The van der Waals surface area contributed by atoms with Gasteiger partial charge in [0.15, 0.2) is 0 Å². The van der Waals surface area contributed by atoms with Crippen LogP contribution in [0.3, 0.4) is 0 Å². The minimum absolute atomic E-state index is 0.0224. The van der Waals surface area contributed by atoms with E-state index >= 15 is 0 Å². The van der Waals surface area contributed by atoms with Crippen molar-refractivity contribution in [3.63, 3.8) is 0 Å². The van der Waals surface area contributed by atoms with Crippen LogP contribution in [-0.2, 0) is 0 Å². The molecule has 0 bridgehead atoms. The molecule has 2 atom stereocenters. The molecule has 2 unspecified atom stereocenters. The second kappa shape index (κ2) is 5.95. The number of aliphatic hydroxyl groups is 1. The lowest BCUT2D eigenvalue weighted by molar-refractivity contribution is 0.151. The Morgan fingerprint density at radius 3 is 2.11 bits per heavy atom. The van der Waals surface area contributed by atoms with E-state index in [-0.39, 0.29) is 5.92 Å². The molecule has 1 aromatic carbocycles. The van der Waals surface area contributed by atoms with Gasteiger partial charge in [-0.05, 0) is 41.5 Å². The summed E-state index contributed by atoms with van der Waals surface area (Å²) in [6.07, 6.45) is 2.95. The van der Waals surface area contributed by atoms with E-state index in [2.05, 4.69) is 36.8 Å². The van der Waals surface area contributed by atoms with Crippen molar-refractivity contribution in [2.45, 2.75) is 18.9 Å². The molecule has 2 nitrogen and oxygen atoms in total. The van der Waals surface area contributed by atoms with Gasteiger partial charge in [0.1, 0.15) is 0 Å². The predicted octanol–water partition coefficient (Wildman–Crippen LogP) is 4.44. The Kier molecular flexibility index (Phi) is 4.54. The first-order chi connectivity index (χ1) is 8.58. The van der Waals surface area contributed by atoms with Gasteiger partial charge >= 0.3 is 0 Å². The molecule has 0 aliphatic heterocycles. The maximum Gasteiger partial charge on any atom is 0.0856 e. The van der Waals surface area contributed by atoms with Gasteiger partial charge in [-0.25, -0.2) is 0 Å². The molecule has 0 aliphatic rings. The fourth-order valence-corrected chi connectivity index (χ4v) is 3.21. The van der Waals surface area contributed by atoms with Crippen LogP contribution in [0.5, 0.6) is 0 Å². The highest BCUT2D eigenvalue weighted by Gasteiger charge is 2.18. The number of nitrogens with zero attached hydrogens (tertiary/aromatic N) is 1. The molecular weight excluding hydrogens is 358 g/mol. The number of hydrogen-bond donors (Lipinski definition) is 1. The maximum absolute atomic E-state index is 10.4. The number of halogens is 2. The summed E-state index contributed by atoms with van der Waals surface area (Å²) in [6, 6.07) is 9.69. The van der Waals surface area contributed by atoms with Crippen LogP contribution < -0.4 is 0 Å². The molecule has 1 aromatic heterocycles. The molecule has 1 N–H and O–H groups in total. The summed E-state index contributed by atoms with van der Waals surface area (Å²) in [7, 11) is 0. The normalized spacial score (nSPS) is 14.2. The number of rotatable bonds is 3. The van der Waals surface area contributed by atoms with Crippen molar-refractivity contribution in [2.75, 3.05) is 0 Å². The number of benzene rings is 1. The van der Waals surface area contributed by atoms with E-state index in [0.29, 0.717) is 0 Å². The topological polar surface area (TPSA) is 33.1 Å². The smallest absolute Gasteiger partial charge is 0.0856 e. The molecule has 0 fully saturated rings. The average Bonchev–Trinajstić information content (AvgIpc) is 2.37. The summed E-state index contributed by atoms with van der Waals surface area (Å²) in [4.78, 5) is 3.99. The minimum atomic E-state index is -0.541. The summed E-state index contributed by atoms with van der Waals surface area (Å²) in [5.74, 6) is 0.0224. The molecule has 0 saturated heterocycles. The van der Waals surface area contributed by atoms with Crippen molar-refractivity contribution >= 4 is 31.9 Å².